The number of carbonyl (C=O) groups is 1. The van der Waals surface area contributed by atoms with Crippen LogP contribution in [0.25, 0.3) is 0 Å². The molecule has 0 aliphatic rings. The molecule has 1 amide bonds. The highest BCUT2D eigenvalue weighted by molar-refractivity contribution is 7.99. The van der Waals surface area contributed by atoms with Crippen LogP contribution in [0.2, 0.25) is 0 Å². The third kappa shape index (κ3) is 3.89. The standard InChI is InChI=1S/C13H19NOS/c1-4-16-13(10(2)3)14-12(15)11-8-6-5-7-9-11/h5-10,13H,4H2,1-3H3,(H,14,15). The highest BCUT2D eigenvalue weighted by Crippen LogP contribution is 2.16. The Morgan fingerprint density at radius 1 is 1.31 bits per heavy atom. The molecule has 1 atom stereocenters. The summed E-state index contributed by atoms with van der Waals surface area (Å²) in [6.07, 6.45) is 0. The number of hydrogen-bond donors (Lipinski definition) is 1. The van der Waals surface area contributed by atoms with Gasteiger partial charge in [0, 0.05) is 5.56 Å². The SMILES string of the molecule is CCSC(NC(=O)c1ccccc1)C(C)C. The van der Waals surface area contributed by atoms with Crippen molar-refractivity contribution in [3.8, 4) is 0 Å². The molecule has 0 aliphatic heterocycles. The molecule has 1 rings (SSSR count). The van der Waals surface area contributed by atoms with E-state index < -0.39 is 0 Å². The lowest BCUT2D eigenvalue weighted by atomic mass is 10.2. The molecule has 0 spiro atoms. The lowest BCUT2D eigenvalue weighted by molar-refractivity contribution is 0.0943. The second-order valence-corrected chi connectivity index (χ2v) is 5.38. The van der Waals surface area contributed by atoms with E-state index in [1.807, 2.05) is 30.3 Å². The molecule has 0 heterocycles. The topological polar surface area (TPSA) is 29.1 Å². The lowest BCUT2D eigenvalue weighted by Crippen LogP contribution is -2.36. The summed E-state index contributed by atoms with van der Waals surface area (Å²) in [6.45, 7) is 6.35. The van der Waals surface area contributed by atoms with E-state index in [0.717, 1.165) is 11.3 Å². The predicted molar refractivity (Wildman–Crippen MR) is 70.7 cm³/mol. The summed E-state index contributed by atoms with van der Waals surface area (Å²) >= 11 is 1.78. The van der Waals surface area contributed by atoms with Crippen LogP contribution in [-0.4, -0.2) is 17.0 Å². The largest absolute Gasteiger partial charge is 0.340 e. The minimum absolute atomic E-state index is 0.0141. The summed E-state index contributed by atoms with van der Waals surface area (Å²) in [5, 5.41) is 3.25. The maximum atomic E-state index is 11.9. The third-order valence-corrected chi connectivity index (χ3v) is 3.62. The fraction of sp³-hybridized carbons (Fsp3) is 0.462. The van der Waals surface area contributed by atoms with Crippen LogP contribution in [0.5, 0.6) is 0 Å². The van der Waals surface area contributed by atoms with E-state index >= 15 is 0 Å². The number of rotatable bonds is 5. The molecule has 0 saturated carbocycles. The molecule has 16 heavy (non-hydrogen) atoms. The Morgan fingerprint density at radius 2 is 1.94 bits per heavy atom. The highest BCUT2D eigenvalue weighted by Gasteiger charge is 2.16. The summed E-state index contributed by atoms with van der Waals surface area (Å²) in [6, 6.07) is 9.35. The van der Waals surface area contributed by atoms with Gasteiger partial charge >= 0.3 is 0 Å². The van der Waals surface area contributed by atoms with Crippen molar-refractivity contribution in [2.24, 2.45) is 5.92 Å². The number of nitrogens with one attached hydrogen (secondary N) is 1. The van der Waals surface area contributed by atoms with E-state index in [1.165, 1.54) is 0 Å². The minimum atomic E-state index is 0.0141. The van der Waals surface area contributed by atoms with Crippen molar-refractivity contribution in [1.82, 2.24) is 5.32 Å². The number of amides is 1. The third-order valence-electron chi connectivity index (χ3n) is 2.26. The number of hydrogen-bond acceptors (Lipinski definition) is 2. The Kier molecular flexibility index (Phi) is 5.39. The first-order valence-corrected chi connectivity index (χ1v) is 6.67. The summed E-state index contributed by atoms with van der Waals surface area (Å²) in [4.78, 5) is 11.9. The summed E-state index contributed by atoms with van der Waals surface area (Å²) in [7, 11) is 0. The van der Waals surface area contributed by atoms with Gasteiger partial charge in [0.2, 0.25) is 0 Å². The zero-order valence-corrected chi connectivity index (χ0v) is 10.9. The van der Waals surface area contributed by atoms with Gasteiger partial charge in [-0.05, 0) is 23.8 Å². The molecule has 0 radical (unpaired) electrons. The van der Waals surface area contributed by atoms with E-state index in [9.17, 15) is 4.79 Å². The van der Waals surface area contributed by atoms with Crippen molar-refractivity contribution < 1.29 is 4.79 Å². The molecule has 0 fully saturated rings. The molecule has 1 aromatic rings. The first kappa shape index (κ1) is 13.1. The average Bonchev–Trinajstić information content (AvgIpc) is 2.29. The van der Waals surface area contributed by atoms with E-state index in [2.05, 4.69) is 26.1 Å². The van der Waals surface area contributed by atoms with Gasteiger partial charge in [0.1, 0.15) is 0 Å². The normalized spacial score (nSPS) is 12.5. The fourth-order valence-corrected chi connectivity index (χ4v) is 2.32. The molecule has 0 aromatic heterocycles. The van der Waals surface area contributed by atoms with Gasteiger partial charge in [0.05, 0.1) is 5.37 Å². The lowest BCUT2D eigenvalue weighted by Gasteiger charge is -2.21. The molecule has 88 valence electrons. The van der Waals surface area contributed by atoms with Crippen LogP contribution in [0.4, 0.5) is 0 Å². The zero-order valence-electron chi connectivity index (χ0n) is 10.1. The Bertz CT molecular complexity index is 324. The van der Waals surface area contributed by atoms with Crippen LogP contribution in [0.3, 0.4) is 0 Å². The van der Waals surface area contributed by atoms with Gasteiger partial charge in [-0.15, -0.1) is 11.8 Å². The van der Waals surface area contributed by atoms with Crippen LogP contribution < -0.4 is 5.32 Å². The second kappa shape index (κ2) is 6.59. The number of thioether (sulfide) groups is 1. The van der Waals surface area contributed by atoms with Gasteiger partial charge in [0.25, 0.3) is 5.91 Å². The highest BCUT2D eigenvalue weighted by atomic mass is 32.2. The molecule has 0 aliphatic carbocycles. The maximum Gasteiger partial charge on any atom is 0.252 e. The molecule has 1 unspecified atom stereocenters. The minimum Gasteiger partial charge on any atom is -0.340 e. The quantitative estimate of drug-likeness (QED) is 0.797. The van der Waals surface area contributed by atoms with Crippen LogP contribution in [-0.2, 0) is 0 Å². The predicted octanol–water partition coefficient (Wildman–Crippen LogP) is 3.15. The molecule has 2 nitrogen and oxygen atoms in total. The molecule has 1 aromatic carbocycles. The Balaban J connectivity index is 2.62. The summed E-state index contributed by atoms with van der Waals surface area (Å²) in [5.74, 6) is 1.47. The monoisotopic (exact) mass is 237 g/mol. The van der Waals surface area contributed by atoms with Gasteiger partial charge < -0.3 is 5.32 Å². The van der Waals surface area contributed by atoms with Gasteiger partial charge in [-0.1, -0.05) is 39.0 Å². The summed E-state index contributed by atoms with van der Waals surface area (Å²) < 4.78 is 0. The molecule has 1 N–H and O–H groups in total. The van der Waals surface area contributed by atoms with Crippen molar-refractivity contribution in [3.05, 3.63) is 35.9 Å². The van der Waals surface area contributed by atoms with Crippen molar-refractivity contribution >= 4 is 17.7 Å². The van der Waals surface area contributed by atoms with Gasteiger partial charge in [-0.25, -0.2) is 0 Å². The van der Waals surface area contributed by atoms with Crippen LogP contribution in [0, 0.1) is 5.92 Å². The van der Waals surface area contributed by atoms with Gasteiger partial charge in [0.15, 0.2) is 0 Å². The van der Waals surface area contributed by atoms with E-state index in [4.69, 9.17) is 0 Å². The van der Waals surface area contributed by atoms with Gasteiger partial charge in [-0.2, -0.15) is 0 Å². The van der Waals surface area contributed by atoms with Gasteiger partial charge in [-0.3, -0.25) is 4.79 Å². The van der Waals surface area contributed by atoms with Crippen LogP contribution >= 0.6 is 11.8 Å². The van der Waals surface area contributed by atoms with Crippen molar-refractivity contribution in [2.75, 3.05) is 5.75 Å². The van der Waals surface area contributed by atoms with Crippen molar-refractivity contribution in [2.45, 2.75) is 26.1 Å². The second-order valence-electron chi connectivity index (χ2n) is 3.96. The van der Waals surface area contributed by atoms with E-state index in [1.54, 1.807) is 11.8 Å². The van der Waals surface area contributed by atoms with E-state index in [0.29, 0.717) is 5.92 Å². The smallest absolute Gasteiger partial charge is 0.252 e. The Morgan fingerprint density at radius 3 is 2.44 bits per heavy atom. The molecule has 0 bridgehead atoms. The van der Waals surface area contributed by atoms with E-state index in [-0.39, 0.29) is 11.3 Å². The number of benzene rings is 1. The average molecular weight is 237 g/mol. The number of carbonyl (C=O) groups excluding carboxylic acids is 1. The van der Waals surface area contributed by atoms with Crippen molar-refractivity contribution in [3.63, 3.8) is 0 Å². The first-order chi connectivity index (χ1) is 7.65. The Hall–Kier alpha value is -0.960. The van der Waals surface area contributed by atoms with Crippen LogP contribution in [0.1, 0.15) is 31.1 Å². The van der Waals surface area contributed by atoms with Crippen molar-refractivity contribution in [1.29, 1.82) is 0 Å². The van der Waals surface area contributed by atoms with Crippen LogP contribution in [0.15, 0.2) is 30.3 Å². The Labute approximate surface area is 102 Å². The molecule has 3 heteroatoms. The zero-order chi connectivity index (χ0) is 12.0. The molecular formula is C13H19NOS. The first-order valence-electron chi connectivity index (χ1n) is 5.62. The summed E-state index contributed by atoms with van der Waals surface area (Å²) in [5.41, 5.74) is 0.727. The molecule has 0 saturated heterocycles. The fourth-order valence-electron chi connectivity index (χ4n) is 1.38. The maximum absolute atomic E-state index is 11.9. The molecular weight excluding hydrogens is 218 g/mol.